The Balaban J connectivity index is 1.92. The SMILES string of the molecule is Nc1nc(N)c(CCCc2ccc(C(=O)N[C@@H](CCC(=O)O)C(=O)O)cc2)c(O)n1. The number of aromatic hydroxyl groups is 1. The Morgan fingerprint density at radius 1 is 1.03 bits per heavy atom. The minimum Gasteiger partial charge on any atom is -0.493 e. The van der Waals surface area contributed by atoms with Crippen LogP contribution in [-0.4, -0.2) is 49.2 Å². The summed E-state index contributed by atoms with van der Waals surface area (Å²) in [6.07, 6.45) is 1.12. The molecule has 0 bridgehead atoms. The molecular formula is C19H23N5O6. The van der Waals surface area contributed by atoms with Crippen molar-refractivity contribution in [1.82, 2.24) is 15.3 Å². The molecular weight excluding hydrogens is 394 g/mol. The van der Waals surface area contributed by atoms with Gasteiger partial charge in [-0.05, 0) is 43.4 Å². The Kier molecular flexibility index (Phi) is 7.50. The molecule has 1 aromatic heterocycles. The number of nitrogen functional groups attached to an aromatic ring is 2. The number of nitrogens with two attached hydrogens (primary N) is 2. The number of carboxylic acid groups (broad SMARTS) is 2. The monoisotopic (exact) mass is 417 g/mol. The van der Waals surface area contributed by atoms with Gasteiger partial charge in [0.2, 0.25) is 11.8 Å². The number of nitrogens with one attached hydrogen (secondary N) is 1. The third-order valence-electron chi connectivity index (χ3n) is 4.39. The number of aromatic nitrogens is 2. The number of nitrogens with zero attached hydrogens (tertiary/aromatic N) is 2. The minimum atomic E-state index is -1.30. The lowest BCUT2D eigenvalue weighted by Gasteiger charge is -2.13. The maximum absolute atomic E-state index is 12.2. The summed E-state index contributed by atoms with van der Waals surface area (Å²) in [4.78, 5) is 41.5. The number of carbonyl (C=O) groups is 3. The second-order valence-corrected chi connectivity index (χ2v) is 6.62. The third-order valence-corrected chi connectivity index (χ3v) is 4.39. The number of carbonyl (C=O) groups excluding carboxylic acids is 1. The minimum absolute atomic E-state index is 0.101. The largest absolute Gasteiger partial charge is 0.493 e. The van der Waals surface area contributed by atoms with Crippen molar-refractivity contribution in [3.8, 4) is 5.88 Å². The van der Waals surface area contributed by atoms with Gasteiger partial charge in [-0.2, -0.15) is 9.97 Å². The molecule has 2 rings (SSSR count). The molecule has 30 heavy (non-hydrogen) atoms. The predicted molar refractivity (Wildman–Crippen MR) is 107 cm³/mol. The number of carboxylic acids is 2. The van der Waals surface area contributed by atoms with Crippen LogP contribution in [0, 0.1) is 0 Å². The first kappa shape index (κ1) is 22.4. The van der Waals surface area contributed by atoms with Crippen LogP contribution in [0.4, 0.5) is 11.8 Å². The standard InChI is InChI=1S/C19H23N5O6/c20-15-12(17(28)24-19(21)23-15)3-1-2-10-4-6-11(7-5-10)16(27)22-13(18(29)30)8-9-14(25)26/h4-7,13H,1-3,8-9H2,(H,22,27)(H,25,26)(H,29,30)(H5,20,21,23,24,28)/t13-/m0/s1. The number of aryl methyl sites for hydroxylation is 1. The molecule has 0 saturated carbocycles. The average Bonchev–Trinajstić information content (AvgIpc) is 2.67. The smallest absolute Gasteiger partial charge is 0.326 e. The summed E-state index contributed by atoms with van der Waals surface area (Å²) in [6.45, 7) is 0. The van der Waals surface area contributed by atoms with E-state index in [1.807, 2.05) is 0 Å². The molecule has 1 atom stereocenters. The molecule has 1 amide bonds. The average molecular weight is 417 g/mol. The molecule has 160 valence electrons. The first-order valence-corrected chi connectivity index (χ1v) is 9.12. The van der Waals surface area contributed by atoms with Crippen molar-refractivity contribution in [3.63, 3.8) is 0 Å². The molecule has 0 aliphatic heterocycles. The van der Waals surface area contributed by atoms with Gasteiger partial charge < -0.3 is 32.1 Å². The summed E-state index contributed by atoms with van der Waals surface area (Å²) in [5, 5.41) is 29.9. The van der Waals surface area contributed by atoms with E-state index in [9.17, 15) is 19.5 Å². The van der Waals surface area contributed by atoms with Crippen LogP contribution in [0.25, 0.3) is 0 Å². The summed E-state index contributed by atoms with van der Waals surface area (Å²) in [5.74, 6) is -3.26. The topological polar surface area (TPSA) is 202 Å². The Labute approximate surface area is 171 Å². The zero-order valence-corrected chi connectivity index (χ0v) is 16.0. The van der Waals surface area contributed by atoms with E-state index >= 15 is 0 Å². The lowest BCUT2D eigenvalue weighted by Crippen LogP contribution is -2.41. The van der Waals surface area contributed by atoms with Crippen LogP contribution < -0.4 is 16.8 Å². The van der Waals surface area contributed by atoms with Crippen molar-refractivity contribution in [2.24, 2.45) is 0 Å². The van der Waals surface area contributed by atoms with Gasteiger partial charge in [-0.1, -0.05) is 12.1 Å². The first-order chi connectivity index (χ1) is 14.2. The molecule has 0 spiro atoms. The number of rotatable bonds is 10. The lowest BCUT2D eigenvalue weighted by atomic mass is 10.0. The number of hydrogen-bond donors (Lipinski definition) is 6. The zero-order chi connectivity index (χ0) is 22.3. The Hall–Kier alpha value is -3.89. The van der Waals surface area contributed by atoms with Crippen LogP contribution in [0.5, 0.6) is 5.88 Å². The van der Waals surface area contributed by atoms with Crippen molar-refractivity contribution in [2.75, 3.05) is 11.5 Å². The molecule has 8 N–H and O–H groups in total. The van der Waals surface area contributed by atoms with Gasteiger partial charge in [0.15, 0.2) is 0 Å². The van der Waals surface area contributed by atoms with Crippen LogP contribution in [-0.2, 0) is 22.4 Å². The van der Waals surface area contributed by atoms with Crippen molar-refractivity contribution in [1.29, 1.82) is 0 Å². The van der Waals surface area contributed by atoms with Gasteiger partial charge in [-0.3, -0.25) is 9.59 Å². The van der Waals surface area contributed by atoms with Crippen LogP contribution >= 0.6 is 0 Å². The highest BCUT2D eigenvalue weighted by atomic mass is 16.4. The molecule has 1 heterocycles. The molecule has 0 aliphatic carbocycles. The first-order valence-electron chi connectivity index (χ1n) is 9.12. The fraction of sp³-hybridized carbons (Fsp3) is 0.316. The fourth-order valence-electron chi connectivity index (χ4n) is 2.81. The molecule has 0 aliphatic rings. The van der Waals surface area contributed by atoms with E-state index in [2.05, 4.69) is 15.3 Å². The Morgan fingerprint density at radius 3 is 2.27 bits per heavy atom. The number of amides is 1. The highest BCUT2D eigenvalue weighted by Crippen LogP contribution is 2.22. The summed E-state index contributed by atoms with van der Waals surface area (Å²) in [6, 6.07) is 5.28. The van der Waals surface area contributed by atoms with Crippen molar-refractivity contribution < 1.29 is 29.7 Å². The van der Waals surface area contributed by atoms with E-state index in [-0.39, 0.29) is 36.1 Å². The maximum atomic E-state index is 12.2. The molecule has 0 saturated heterocycles. The molecule has 2 aromatic rings. The van der Waals surface area contributed by atoms with Crippen molar-refractivity contribution in [3.05, 3.63) is 41.0 Å². The number of benzene rings is 1. The molecule has 0 unspecified atom stereocenters. The molecule has 0 radical (unpaired) electrons. The summed E-state index contributed by atoms with van der Waals surface area (Å²) >= 11 is 0. The summed E-state index contributed by atoms with van der Waals surface area (Å²) in [7, 11) is 0. The normalized spacial score (nSPS) is 11.6. The number of aliphatic carboxylic acids is 2. The quantitative estimate of drug-likeness (QED) is 0.317. The van der Waals surface area contributed by atoms with Gasteiger partial charge in [0.25, 0.3) is 5.91 Å². The van der Waals surface area contributed by atoms with E-state index < -0.39 is 23.9 Å². The second-order valence-electron chi connectivity index (χ2n) is 6.62. The van der Waals surface area contributed by atoms with Gasteiger partial charge in [-0.15, -0.1) is 0 Å². The highest BCUT2D eigenvalue weighted by molar-refractivity contribution is 5.96. The predicted octanol–water partition coefficient (Wildman–Crippen LogP) is 0.570. The lowest BCUT2D eigenvalue weighted by molar-refractivity contribution is -0.140. The number of anilines is 2. The van der Waals surface area contributed by atoms with Gasteiger partial charge in [-0.25, -0.2) is 4.79 Å². The maximum Gasteiger partial charge on any atom is 0.326 e. The van der Waals surface area contributed by atoms with Gasteiger partial charge >= 0.3 is 11.9 Å². The molecule has 1 aromatic carbocycles. The second kappa shape index (κ2) is 10.0. The van der Waals surface area contributed by atoms with Crippen LogP contribution in [0.15, 0.2) is 24.3 Å². The summed E-state index contributed by atoms with van der Waals surface area (Å²) < 4.78 is 0. The van der Waals surface area contributed by atoms with Crippen molar-refractivity contribution in [2.45, 2.75) is 38.1 Å². The van der Waals surface area contributed by atoms with Crippen molar-refractivity contribution >= 4 is 29.6 Å². The van der Waals surface area contributed by atoms with E-state index in [4.69, 9.17) is 21.7 Å². The van der Waals surface area contributed by atoms with Gasteiger partial charge in [0, 0.05) is 12.0 Å². The fourth-order valence-corrected chi connectivity index (χ4v) is 2.81. The van der Waals surface area contributed by atoms with Gasteiger partial charge in [0.05, 0.1) is 5.56 Å². The van der Waals surface area contributed by atoms with Gasteiger partial charge in [0.1, 0.15) is 11.9 Å². The number of hydrogen-bond acceptors (Lipinski definition) is 8. The Bertz CT molecular complexity index is 909. The zero-order valence-electron chi connectivity index (χ0n) is 16.0. The molecule has 11 nitrogen and oxygen atoms in total. The molecule has 11 heteroatoms. The van der Waals surface area contributed by atoms with E-state index in [1.165, 1.54) is 0 Å². The highest BCUT2D eigenvalue weighted by Gasteiger charge is 2.21. The molecule has 0 fully saturated rings. The van der Waals surface area contributed by atoms with Crippen LogP contribution in [0.1, 0.15) is 40.7 Å². The van der Waals surface area contributed by atoms with E-state index in [0.717, 1.165) is 5.56 Å². The van der Waals surface area contributed by atoms with Crippen LogP contribution in [0.3, 0.4) is 0 Å². The van der Waals surface area contributed by atoms with E-state index in [0.29, 0.717) is 24.8 Å². The third kappa shape index (κ3) is 6.33. The van der Waals surface area contributed by atoms with Crippen LogP contribution in [0.2, 0.25) is 0 Å². The Morgan fingerprint density at radius 2 is 1.70 bits per heavy atom. The van der Waals surface area contributed by atoms with E-state index in [1.54, 1.807) is 24.3 Å². The summed E-state index contributed by atoms with van der Waals surface area (Å²) in [5.41, 5.74) is 12.7.